The van der Waals surface area contributed by atoms with Crippen LogP contribution in [0.4, 0.5) is 0 Å². The van der Waals surface area contributed by atoms with E-state index in [9.17, 15) is 13.2 Å². The fourth-order valence-electron chi connectivity index (χ4n) is 3.61. The minimum atomic E-state index is -2.96. The molecule has 1 saturated carbocycles. The zero-order valence-electron chi connectivity index (χ0n) is 13.7. The van der Waals surface area contributed by atoms with Crippen molar-refractivity contribution in [1.82, 2.24) is 4.90 Å². The zero-order chi connectivity index (χ0) is 16.0. The largest absolute Gasteiger partial charge is 0.339 e. The molecule has 0 bridgehead atoms. The molecule has 2 fully saturated rings. The van der Waals surface area contributed by atoms with E-state index in [4.69, 9.17) is 0 Å². The van der Waals surface area contributed by atoms with E-state index in [0.29, 0.717) is 13.0 Å². The Balaban J connectivity index is 2.14. The summed E-state index contributed by atoms with van der Waals surface area (Å²) in [4.78, 5) is 14.6. The van der Waals surface area contributed by atoms with E-state index in [1.54, 1.807) is 4.90 Å². The fraction of sp³-hybridized carbons (Fsp3) is 0.812. The highest BCUT2D eigenvalue weighted by Gasteiger charge is 2.61. The van der Waals surface area contributed by atoms with E-state index in [2.05, 4.69) is 33.8 Å². The number of sulfone groups is 1. The third-order valence-corrected chi connectivity index (χ3v) is 6.71. The Bertz CT molecular complexity index is 558. The van der Waals surface area contributed by atoms with Gasteiger partial charge in [0.25, 0.3) is 0 Å². The van der Waals surface area contributed by atoms with Gasteiger partial charge in [-0.15, -0.1) is 0 Å². The van der Waals surface area contributed by atoms with Gasteiger partial charge in [-0.05, 0) is 38.5 Å². The quantitative estimate of drug-likeness (QED) is 0.748. The first-order chi connectivity index (χ1) is 9.60. The summed E-state index contributed by atoms with van der Waals surface area (Å²) in [6.45, 7) is 10.9. The number of carbonyl (C=O) groups excluding carboxylic acids is 1. The fourth-order valence-corrected chi connectivity index (χ4v) is 5.34. The summed E-state index contributed by atoms with van der Waals surface area (Å²) >= 11 is 0. The van der Waals surface area contributed by atoms with Crippen LogP contribution in [-0.2, 0) is 14.6 Å². The molecule has 5 heteroatoms. The molecule has 0 N–H and O–H groups in total. The van der Waals surface area contributed by atoms with E-state index in [-0.39, 0.29) is 40.7 Å². The minimum Gasteiger partial charge on any atom is -0.339 e. The molecule has 0 aromatic heterocycles. The van der Waals surface area contributed by atoms with E-state index in [0.717, 1.165) is 0 Å². The van der Waals surface area contributed by atoms with Gasteiger partial charge in [0.05, 0.1) is 17.4 Å². The van der Waals surface area contributed by atoms with Crippen molar-refractivity contribution in [2.75, 3.05) is 18.1 Å². The van der Waals surface area contributed by atoms with Crippen molar-refractivity contribution < 1.29 is 13.2 Å². The van der Waals surface area contributed by atoms with Crippen molar-refractivity contribution in [2.24, 2.45) is 17.3 Å². The highest BCUT2D eigenvalue weighted by Crippen LogP contribution is 2.60. The summed E-state index contributed by atoms with van der Waals surface area (Å²) in [5.74, 6) is 0.754. The van der Waals surface area contributed by atoms with Gasteiger partial charge in [-0.1, -0.05) is 25.5 Å². The third kappa shape index (κ3) is 3.17. The van der Waals surface area contributed by atoms with Crippen LogP contribution in [0.1, 0.15) is 41.0 Å². The van der Waals surface area contributed by atoms with Gasteiger partial charge in [-0.3, -0.25) is 4.79 Å². The molecule has 2 rings (SSSR count). The molecular formula is C16H27NO3S. The topological polar surface area (TPSA) is 54.5 Å². The Kier molecular flexibility index (Phi) is 4.26. The maximum absolute atomic E-state index is 12.8. The minimum absolute atomic E-state index is 0.00402. The van der Waals surface area contributed by atoms with Crippen LogP contribution in [0.15, 0.2) is 11.6 Å². The van der Waals surface area contributed by atoms with Gasteiger partial charge in [0.15, 0.2) is 9.84 Å². The normalized spacial score (nSPS) is 32.5. The molecule has 0 aromatic carbocycles. The maximum atomic E-state index is 12.8. The lowest BCUT2D eigenvalue weighted by atomic mass is 10.1. The number of nitrogens with zero attached hydrogens (tertiary/aromatic N) is 1. The van der Waals surface area contributed by atoms with Gasteiger partial charge in [0.1, 0.15) is 0 Å². The summed E-state index contributed by atoms with van der Waals surface area (Å²) in [6.07, 6.45) is 2.77. The van der Waals surface area contributed by atoms with Crippen molar-refractivity contribution in [3.8, 4) is 0 Å². The second-order valence-corrected chi connectivity index (χ2v) is 9.48. The van der Waals surface area contributed by atoms with Gasteiger partial charge in [-0.25, -0.2) is 8.42 Å². The second-order valence-electron chi connectivity index (χ2n) is 7.25. The third-order valence-electron chi connectivity index (χ3n) is 4.96. The Labute approximate surface area is 128 Å². The van der Waals surface area contributed by atoms with Crippen molar-refractivity contribution in [3.63, 3.8) is 0 Å². The molecule has 1 heterocycles. The van der Waals surface area contributed by atoms with Gasteiger partial charge >= 0.3 is 0 Å². The predicted molar refractivity (Wildman–Crippen MR) is 84.6 cm³/mol. The lowest BCUT2D eigenvalue weighted by Crippen LogP contribution is -2.42. The molecule has 4 nitrogen and oxygen atoms in total. The maximum Gasteiger partial charge on any atom is 0.227 e. The van der Waals surface area contributed by atoms with Crippen LogP contribution in [0, 0.1) is 17.3 Å². The molecule has 1 aliphatic heterocycles. The first-order valence-corrected chi connectivity index (χ1v) is 9.58. The molecule has 0 spiro atoms. The number of amides is 1. The predicted octanol–water partition coefficient (Wildman–Crippen LogP) is 2.26. The first kappa shape index (κ1) is 16.5. The lowest BCUT2D eigenvalue weighted by Gasteiger charge is -2.27. The van der Waals surface area contributed by atoms with Crippen molar-refractivity contribution >= 4 is 15.7 Å². The smallest absolute Gasteiger partial charge is 0.227 e. The number of hydrogen-bond donors (Lipinski definition) is 0. The molecule has 21 heavy (non-hydrogen) atoms. The molecule has 2 aliphatic rings. The van der Waals surface area contributed by atoms with Crippen molar-refractivity contribution in [1.29, 1.82) is 0 Å². The van der Waals surface area contributed by atoms with Crippen molar-refractivity contribution in [3.05, 3.63) is 11.6 Å². The van der Waals surface area contributed by atoms with E-state index >= 15 is 0 Å². The molecule has 1 saturated heterocycles. The van der Waals surface area contributed by atoms with Crippen LogP contribution < -0.4 is 0 Å². The molecule has 0 unspecified atom stereocenters. The average Bonchev–Trinajstić information content (AvgIpc) is 2.68. The summed E-state index contributed by atoms with van der Waals surface area (Å²) in [5, 5.41) is 0. The van der Waals surface area contributed by atoms with Gasteiger partial charge < -0.3 is 4.90 Å². The molecule has 1 amide bonds. The zero-order valence-corrected chi connectivity index (χ0v) is 14.5. The van der Waals surface area contributed by atoms with Crippen molar-refractivity contribution in [2.45, 2.75) is 47.1 Å². The number of rotatable bonds is 4. The summed E-state index contributed by atoms with van der Waals surface area (Å²) < 4.78 is 23.3. The van der Waals surface area contributed by atoms with Crippen LogP contribution in [0.3, 0.4) is 0 Å². The summed E-state index contributed by atoms with van der Waals surface area (Å²) in [7, 11) is -2.96. The molecule has 3 atom stereocenters. The van der Waals surface area contributed by atoms with Gasteiger partial charge in [0, 0.05) is 12.6 Å². The monoisotopic (exact) mass is 313 g/mol. The van der Waals surface area contributed by atoms with Crippen LogP contribution >= 0.6 is 0 Å². The molecule has 1 aliphatic carbocycles. The molecule has 0 aromatic rings. The SMILES string of the molecule is CCN(C(=O)[C@@H]1[C@@H](C=C(C)C)C1(C)C)[C@@H]1CCS(=O)(=O)C1. The van der Waals surface area contributed by atoms with E-state index in [1.165, 1.54) is 5.57 Å². The molecule has 0 radical (unpaired) electrons. The second kappa shape index (κ2) is 5.41. The van der Waals surface area contributed by atoms with Crippen LogP contribution in [-0.4, -0.2) is 43.3 Å². The number of allylic oxidation sites excluding steroid dienone is 2. The summed E-state index contributed by atoms with van der Waals surface area (Å²) in [5.41, 5.74) is 1.22. The van der Waals surface area contributed by atoms with Gasteiger partial charge in [-0.2, -0.15) is 0 Å². The van der Waals surface area contributed by atoms with Crippen LogP contribution in [0.5, 0.6) is 0 Å². The highest BCUT2D eigenvalue weighted by atomic mass is 32.2. The summed E-state index contributed by atoms with van der Waals surface area (Å²) in [6, 6.07) is -0.128. The Morgan fingerprint density at radius 3 is 2.38 bits per heavy atom. The Hall–Kier alpha value is -0.840. The highest BCUT2D eigenvalue weighted by molar-refractivity contribution is 7.91. The standard InChI is InChI=1S/C16H27NO3S/c1-6-17(12-7-8-21(19,20)10-12)15(18)14-13(9-11(2)3)16(14,4)5/h9,12-14H,6-8,10H2,1-5H3/t12-,13-,14+/m1/s1. The first-order valence-electron chi connectivity index (χ1n) is 7.76. The number of carbonyl (C=O) groups is 1. The molecular weight excluding hydrogens is 286 g/mol. The lowest BCUT2D eigenvalue weighted by molar-refractivity contribution is -0.135. The van der Waals surface area contributed by atoms with E-state index < -0.39 is 9.84 Å². The number of hydrogen-bond acceptors (Lipinski definition) is 3. The van der Waals surface area contributed by atoms with Crippen LogP contribution in [0.25, 0.3) is 0 Å². The Morgan fingerprint density at radius 2 is 1.95 bits per heavy atom. The van der Waals surface area contributed by atoms with Gasteiger partial charge in [0.2, 0.25) is 5.91 Å². The van der Waals surface area contributed by atoms with Crippen LogP contribution in [0.2, 0.25) is 0 Å². The molecule has 120 valence electrons. The van der Waals surface area contributed by atoms with E-state index in [1.807, 2.05) is 6.92 Å². The Morgan fingerprint density at radius 1 is 1.33 bits per heavy atom. The average molecular weight is 313 g/mol.